The highest BCUT2D eigenvalue weighted by Crippen LogP contribution is 2.15. The van der Waals surface area contributed by atoms with Crippen LogP contribution in [0.3, 0.4) is 0 Å². The largest absolute Gasteiger partial charge is 0.269 e. The third kappa shape index (κ3) is 3.08. The van der Waals surface area contributed by atoms with Crippen molar-refractivity contribution in [2.45, 2.75) is 19.3 Å². The number of aryl methyl sites for hydroxylation is 1. The van der Waals surface area contributed by atoms with E-state index in [-0.39, 0.29) is 18.5 Å². The van der Waals surface area contributed by atoms with Gasteiger partial charge in [0.25, 0.3) is 5.69 Å². The first-order valence-corrected chi connectivity index (χ1v) is 4.11. The predicted octanol–water partition coefficient (Wildman–Crippen LogP) is 2.79. The third-order valence-electron chi connectivity index (χ3n) is 1.77. The van der Waals surface area contributed by atoms with Gasteiger partial charge in [-0.2, -0.15) is 0 Å². The Kier molecular flexibility index (Phi) is 3.50. The van der Waals surface area contributed by atoms with Gasteiger partial charge in [0.15, 0.2) is 0 Å². The zero-order valence-electron chi connectivity index (χ0n) is 7.32. The van der Waals surface area contributed by atoms with E-state index in [0.29, 0.717) is 5.56 Å². The smallest absolute Gasteiger partial charge is 0.258 e. The van der Waals surface area contributed by atoms with E-state index >= 15 is 0 Å². The number of alkyl halides is 2. The third-order valence-corrected chi connectivity index (χ3v) is 1.77. The van der Waals surface area contributed by atoms with Gasteiger partial charge < -0.3 is 0 Å². The quantitative estimate of drug-likeness (QED) is 0.555. The second kappa shape index (κ2) is 4.64. The highest BCUT2D eigenvalue weighted by molar-refractivity contribution is 5.34. The molecule has 0 bridgehead atoms. The molecule has 5 heteroatoms. The van der Waals surface area contributed by atoms with Crippen LogP contribution in [0.5, 0.6) is 0 Å². The number of benzene rings is 1. The van der Waals surface area contributed by atoms with Crippen LogP contribution in [0.15, 0.2) is 24.3 Å². The molecule has 3 nitrogen and oxygen atoms in total. The molecule has 0 aliphatic carbocycles. The molecular weight excluding hydrogens is 192 g/mol. The SMILES string of the molecule is O=[N+]([O-])c1cccc(CCC(F)F)c1. The molecule has 0 aliphatic rings. The molecule has 0 saturated carbocycles. The number of nitrogens with zero attached hydrogens (tertiary/aromatic N) is 1. The van der Waals surface area contributed by atoms with Gasteiger partial charge in [0.05, 0.1) is 4.92 Å². The molecule has 0 unspecified atom stereocenters. The maximum atomic E-state index is 11.8. The summed E-state index contributed by atoms with van der Waals surface area (Å²) in [6, 6.07) is 5.77. The summed E-state index contributed by atoms with van der Waals surface area (Å²) < 4.78 is 23.7. The van der Waals surface area contributed by atoms with Crippen LogP contribution < -0.4 is 0 Å². The van der Waals surface area contributed by atoms with Crippen molar-refractivity contribution in [1.82, 2.24) is 0 Å². The van der Waals surface area contributed by atoms with E-state index in [2.05, 4.69) is 0 Å². The molecule has 0 amide bonds. The zero-order valence-corrected chi connectivity index (χ0v) is 7.32. The number of nitro groups is 1. The maximum Gasteiger partial charge on any atom is 0.269 e. The Morgan fingerprint density at radius 3 is 2.71 bits per heavy atom. The Labute approximate surface area is 79.5 Å². The molecule has 0 N–H and O–H groups in total. The lowest BCUT2D eigenvalue weighted by Gasteiger charge is -2.00. The molecule has 0 saturated heterocycles. The molecule has 0 heterocycles. The molecule has 0 spiro atoms. The van der Waals surface area contributed by atoms with Crippen molar-refractivity contribution in [3.05, 3.63) is 39.9 Å². The molecular formula is C9H9F2NO2. The summed E-state index contributed by atoms with van der Waals surface area (Å²) >= 11 is 0. The number of hydrogen-bond acceptors (Lipinski definition) is 2. The molecule has 0 aromatic heterocycles. The van der Waals surface area contributed by atoms with Gasteiger partial charge in [0.2, 0.25) is 6.43 Å². The number of non-ortho nitro benzene ring substituents is 1. The van der Waals surface area contributed by atoms with Gasteiger partial charge in [-0.1, -0.05) is 12.1 Å². The topological polar surface area (TPSA) is 43.1 Å². The Bertz CT molecular complexity index is 328. The van der Waals surface area contributed by atoms with Gasteiger partial charge in [-0.15, -0.1) is 0 Å². The Morgan fingerprint density at radius 2 is 2.14 bits per heavy atom. The Hall–Kier alpha value is -1.52. The fourth-order valence-electron chi connectivity index (χ4n) is 1.10. The molecule has 1 aromatic rings. The average Bonchev–Trinajstić information content (AvgIpc) is 2.15. The van der Waals surface area contributed by atoms with E-state index in [0.717, 1.165) is 0 Å². The van der Waals surface area contributed by atoms with Crippen molar-refractivity contribution in [2.24, 2.45) is 0 Å². The second-order valence-electron chi connectivity index (χ2n) is 2.86. The minimum Gasteiger partial charge on any atom is -0.258 e. The van der Waals surface area contributed by atoms with Crippen LogP contribution >= 0.6 is 0 Å². The minimum atomic E-state index is -2.37. The van der Waals surface area contributed by atoms with Gasteiger partial charge >= 0.3 is 0 Å². The summed E-state index contributed by atoms with van der Waals surface area (Å²) in [5.41, 5.74) is 0.510. The Morgan fingerprint density at radius 1 is 1.43 bits per heavy atom. The van der Waals surface area contributed by atoms with Crippen LogP contribution in [0.2, 0.25) is 0 Å². The summed E-state index contributed by atoms with van der Waals surface area (Å²) in [6.45, 7) is 0. The molecule has 1 aromatic carbocycles. The van der Waals surface area contributed by atoms with Gasteiger partial charge in [0, 0.05) is 18.6 Å². The van der Waals surface area contributed by atoms with Crippen molar-refractivity contribution in [2.75, 3.05) is 0 Å². The lowest BCUT2D eigenvalue weighted by Crippen LogP contribution is -1.95. The molecule has 0 atom stereocenters. The zero-order chi connectivity index (χ0) is 10.6. The predicted molar refractivity (Wildman–Crippen MR) is 47.4 cm³/mol. The van der Waals surface area contributed by atoms with Crippen molar-refractivity contribution < 1.29 is 13.7 Å². The summed E-state index contributed by atoms with van der Waals surface area (Å²) in [6.07, 6.45) is -2.46. The van der Waals surface area contributed by atoms with Crippen molar-refractivity contribution in [3.8, 4) is 0 Å². The molecule has 76 valence electrons. The minimum absolute atomic E-state index is 0.0585. The standard InChI is InChI=1S/C9H9F2NO2/c10-9(11)5-4-7-2-1-3-8(6-7)12(13)14/h1-3,6,9H,4-5H2. The fourth-order valence-corrected chi connectivity index (χ4v) is 1.10. The first-order valence-electron chi connectivity index (χ1n) is 4.11. The molecule has 0 radical (unpaired) electrons. The lowest BCUT2D eigenvalue weighted by molar-refractivity contribution is -0.384. The number of rotatable bonds is 4. The van der Waals surface area contributed by atoms with Crippen molar-refractivity contribution in [1.29, 1.82) is 0 Å². The van der Waals surface area contributed by atoms with Crippen LogP contribution in [0.4, 0.5) is 14.5 Å². The molecule has 14 heavy (non-hydrogen) atoms. The molecule has 1 rings (SSSR count). The first kappa shape index (κ1) is 10.6. The van der Waals surface area contributed by atoms with E-state index in [9.17, 15) is 18.9 Å². The maximum absolute atomic E-state index is 11.8. The summed E-state index contributed by atoms with van der Waals surface area (Å²) in [7, 11) is 0. The Balaban J connectivity index is 2.69. The van der Waals surface area contributed by atoms with E-state index in [1.165, 1.54) is 18.2 Å². The van der Waals surface area contributed by atoms with Gasteiger partial charge in [0.1, 0.15) is 0 Å². The summed E-state index contributed by atoms with van der Waals surface area (Å²) in [5.74, 6) is 0. The van der Waals surface area contributed by atoms with Crippen molar-refractivity contribution in [3.63, 3.8) is 0 Å². The first-order chi connectivity index (χ1) is 6.59. The van der Waals surface area contributed by atoms with Crippen LogP contribution in [-0.2, 0) is 6.42 Å². The van der Waals surface area contributed by atoms with Crippen molar-refractivity contribution >= 4 is 5.69 Å². The van der Waals surface area contributed by atoms with Crippen LogP contribution in [0.1, 0.15) is 12.0 Å². The van der Waals surface area contributed by atoms with E-state index in [1.54, 1.807) is 6.07 Å². The van der Waals surface area contributed by atoms with Gasteiger partial charge in [-0.25, -0.2) is 8.78 Å². The van der Waals surface area contributed by atoms with Gasteiger partial charge in [-0.05, 0) is 12.0 Å². The highest BCUT2D eigenvalue weighted by atomic mass is 19.3. The van der Waals surface area contributed by atoms with E-state index < -0.39 is 11.3 Å². The lowest BCUT2D eigenvalue weighted by atomic mass is 10.1. The normalized spacial score (nSPS) is 10.5. The fraction of sp³-hybridized carbons (Fsp3) is 0.333. The van der Waals surface area contributed by atoms with Crippen LogP contribution in [0.25, 0.3) is 0 Å². The molecule has 0 fully saturated rings. The second-order valence-corrected chi connectivity index (χ2v) is 2.86. The van der Waals surface area contributed by atoms with Crippen LogP contribution in [-0.4, -0.2) is 11.3 Å². The molecule has 0 aliphatic heterocycles. The average molecular weight is 201 g/mol. The number of nitro benzene ring substituents is 1. The summed E-state index contributed by atoms with van der Waals surface area (Å²) in [4.78, 5) is 9.81. The summed E-state index contributed by atoms with van der Waals surface area (Å²) in [5, 5.41) is 10.3. The monoisotopic (exact) mass is 201 g/mol. The van der Waals surface area contributed by atoms with E-state index in [1.807, 2.05) is 0 Å². The van der Waals surface area contributed by atoms with Gasteiger partial charge in [-0.3, -0.25) is 10.1 Å². The highest BCUT2D eigenvalue weighted by Gasteiger charge is 2.07. The number of hydrogen-bond donors (Lipinski definition) is 0. The van der Waals surface area contributed by atoms with E-state index in [4.69, 9.17) is 0 Å². The number of halogens is 2. The van der Waals surface area contributed by atoms with Crippen LogP contribution in [0, 0.1) is 10.1 Å².